The SMILES string of the molecule is CC1CCC(NC(=O)CN2CCN(C(=O)C3CCNC3)CC2)CC1.Cl.Cl. The molecule has 8 heteroatoms. The maximum Gasteiger partial charge on any atom is 0.234 e. The van der Waals surface area contributed by atoms with Crippen LogP contribution in [0.25, 0.3) is 0 Å². The molecule has 152 valence electrons. The summed E-state index contributed by atoms with van der Waals surface area (Å²) in [5.74, 6) is 1.40. The summed E-state index contributed by atoms with van der Waals surface area (Å²) in [4.78, 5) is 28.8. The standard InChI is InChI=1S/C18H32N4O2.2ClH/c1-14-2-4-16(5-3-14)20-17(23)13-21-8-10-22(11-9-21)18(24)15-6-7-19-12-15;;/h14-16,19H,2-13H2,1H3,(H,20,23);2*1H. The second-order valence-corrected chi connectivity index (χ2v) is 7.82. The van der Waals surface area contributed by atoms with Crippen LogP contribution < -0.4 is 10.6 Å². The molecular formula is C18H34Cl2N4O2. The van der Waals surface area contributed by atoms with E-state index in [1.807, 2.05) is 4.90 Å². The third-order valence-electron chi connectivity index (χ3n) is 5.84. The lowest BCUT2D eigenvalue weighted by Gasteiger charge is -2.36. The molecule has 26 heavy (non-hydrogen) atoms. The topological polar surface area (TPSA) is 64.7 Å². The van der Waals surface area contributed by atoms with Gasteiger partial charge in [0, 0.05) is 38.8 Å². The van der Waals surface area contributed by atoms with E-state index >= 15 is 0 Å². The summed E-state index contributed by atoms with van der Waals surface area (Å²) in [6.07, 6.45) is 5.64. The monoisotopic (exact) mass is 408 g/mol. The average Bonchev–Trinajstić information content (AvgIpc) is 3.11. The quantitative estimate of drug-likeness (QED) is 0.734. The van der Waals surface area contributed by atoms with E-state index in [0.717, 1.165) is 64.4 Å². The summed E-state index contributed by atoms with van der Waals surface area (Å²) in [5, 5.41) is 6.45. The summed E-state index contributed by atoms with van der Waals surface area (Å²) < 4.78 is 0. The van der Waals surface area contributed by atoms with E-state index in [1.54, 1.807) is 0 Å². The van der Waals surface area contributed by atoms with Crippen LogP contribution in [0, 0.1) is 11.8 Å². The van der Waals surface area contributed by atoms with Crippen molar-refractivity contribution in [2.45, 2.75) is 45.1 Å². The largest absolute Gasteiger partial charge is 0.352 e. The lowest BCUT2D eigenvalue weighted by Crippen LogP contribution is -2.53. The second kappa shape index (κ2) is 11.3. The van der Waals surface area contributed by atoms with E-state index in [4.69, 9.17) is 0 Å². The minimum atomic E-state index is 0. The number of carbonyl (C=O) groups excluding carboxylic acids is 2. The van der Waals surface area contributed by atoms with E-state index < -0.39 is 0 Å². The fraction of sp³-hybridized carbons (Fsp3) is 0.889. The molecule has 2 saturated heterocycles. The number of halogens is 2. The molecular weight excluding hydrogens is 375 g/mol. The van der Waals surface area contributed by atoms with Crippen molar-refractivity contribution in [2.75, 3.05) is 45.8 Å². The summed E-state index contributed by atoms with van der Waals surface area (Å²) in [5.41, 5.74) is 0. The Hall–Kier alpha value is -0.560. The van der Waals surface area contributed by atoms with E-state index in [0.29, 0.717) is 18.5 Å². The van der Waals surface area contributed by atoms with Gasteiger partial charge in [-0.2, -0.15) is 0 Å². The van der Waals surface area contributed by atoms with Crippen molar-refractivity contribution in [3.05, 3.63) is 0 Å². The molecule has 2 aliphatic heterocycles. The van der Waals surface area contributed by atoms with Gasteiger partial charge in [-0.15, -0.1) is 24.8 Å². The van der Waals surface area contributed by atoms with Gasteiger partial charge in [0.25, 0.3) is 0 Å². The van der Waals surface area contributed by atoms with Crippen molar-refractivity contribution < 1.29 is 9.59 Å². The summed E-state index contributed by atoms with van der Waals surface area (Å²) in [6, 6.07) is 0.367. The van der Waals surface area contributed by atoms with Gasteiger partial charge in [0.2, 0.25) is 11.8 Å². The number of amides is 2. The number of hydrogen-bond donors (Lipinski definition) is 2. The zero-order valence-corrected chi connectivity index (χ0v) is 17.4. The van der Waals surface area contributed by atoms with Crippen molar-refractivity contribution in [1.82, 2.24) is 20.4 Å². The lowest BCUT2D eigenvalue weighted by atomic mass is 9.87. The van der Waals surface area contributed by atoms with E-state index in [-0.39, 0.29) is 36.6 Å². The molecule has 1 atom stereocenters. The first-order valence-electron chi connectivity index (χ1n) is 9.63. The predicted molar refractivity (Wildman–Crippen MR) is 108 cm³/mol. The van der Waals surface area contributed by atoms with Crippen LogP contribution in [0.2, 0.25) is 0 Å². The Balaban J connectivity index is 0.00000169. The van der Waals surface area contributed by atoms with Crippen LogP contribution in [0.15, 0.2) is 0 Å². The minimum absolute atomic E-state index is 0. The maximum absolute atomic E-state index is 12.4. The van der Waals surface area contributed by atoms with Gasteiger partial charge in [-0.05, 0) is 44.6 Å². The molecule has 1 saturated carbocycles. The van der Waals surface area contributed by atoms with Gasteiger partial charge in [-0.3, -0.25) is 14.5 Å². The fourth-order valence-corrected chi connectivity index (χ4v) is 4.13. The average molecular weight is 409 g/mol. The Morgan fingerprint density at radius 2 is 1.65 bits per heavy atom. The highest BCUT2D eigenvalue weighted by molar-refractivity contribution is 5.85. The molecule has 0 aromatic rings. The van der Waals surface area contributed by atoms with Crippen LogP contribution in [0.4, 0.5) is 0 Å². The lowest BCUT2D eigenvalue weighted by molar-refractivity contribution is -0.136. The van der Waals surface area contributed by atoms with Gasteiger partial charge in [0.05, 0.1) is 12.5 Å². The van der Waals surface area contributed by atoms with Crippen LogP contribution in [-0.4, -0.2) is 73.5 Å². The second-order valence-electron chi connectivity index (χ2n) is 7.82. The first kappa shape index (κ1) is 23.5. The van der Waals surface area contributed by atoms with E-state index in [1.165, 1.54) is 12.8 Å². The van der Waals surface area contributed by atoms with Gasteiger partial charge in [0.15, 0.2) is 0 Å². The smallest absolute Gasteiger partial charge is 0.234 e. The minimum Gasteiger partial charge on any atom is -0.352 e. The molecule has 3 aliphatic rings. The number of carbonyl (C=O) groups is 2. The summed E-state index contributed by atoms with van der Waals surface area (Å²) in [6.45, 7) is 7.66. The van der Waals surface area contributed by atoms with Crippen LogP contribution in [0.1, 0.15) is 39.0 Å². The third kappa shape index (κ3) is 6.55. The Morgan fingerprint density at radius 3 is 2.23 bits per heavy atom. The van der Waals surface area contributed by atoms with Crippen molar-refractivity contribution in [1.29, 1.82) is 0 Å². The first-order valence-corrected chi connectivity index (χ1v) is 9.63. The van der Waals surface area contributed by atoms with Gasteiger partial charge >= 0.3 is 0 Å². The van der Waals surface area contributed by atoms with Crippen molar-refractivity contribution in [3.8, 4) is 0 Å². The number of piperazine rings is 1. The molecule has 1 aliphatic carbocycles. The Kier molecular flexibility index (Phi) is 10.2. The van der Waals surface area contributed by atoms with Crippen molar-refractivity contribution in [2.24, 2.45) is 11.8 Å². The molecule has 3 rings (SSSR count). The molecule has 6 nitrogen and oxygen atoms in total. The summed E-state index contributed by atoms with van der Waals surface area (Å²) in [7, 11) is 0. The van der Waals surface area contributed by atoms with Gasteiger partial charge in [-0.1, -0.05) is 6.92 Å². The molecule has 1 unspecified atom stereocenters. The third-order valence-corrected chi connectivity index (χ3v) is 5.84. The molecule has 0 spiro atoms. The van der Waals surface area contributed by atoms with Gasteiger partial charge in [0.1, 0.15) is 0 Å². The first-order chi connectivity index (χ1) is 11.6. The Morgan fingerprint density at radius 1 is 1.00 bits per heavy atom. The molecule has 0 aromatic heterocycles. The Bertz CT molecular complexity index is 444. The van der Waals surface area contributed by atoms with Crippen LogP contribution in [-0.2, 0) is 9.59 Å². The zero-order valence-electron chi connectivity index (χ0n) is 15.7. The molecule has 3 fully saturated rings. The highest BCUT2D eigenvalue weighted by atomic mass is 35.5. The summed E-state index contributed by atoms with van der Waals surface area (Å²) >= 11 is 0. The predicted octanol–water partition coefficient (Wildman–Crippen LogP) is 1.28. The molecule has 2 heterocycles. The number of nitrogens with zero attached hydrogens (tertiary/aromatic N) is 2. The van der Waals surface area contributed by atoms with Crippen molar-refractivity contribution in [3.63, 3.8) is 0 Å². The maximum atomic E-state index is 12.4. The molecule has 0 aromatic carbocycles. The highest BCUT2D eigenvalue weighted by Gasteiger charge is 2.30. The van der Waals surface area contributed by atoms with Crippen LogP contribution in [0.5, 0.6) is 0 Å². The Labute approximate surface area is 169 Å². The van der Waals surface area contributed by atoms with Crippen LogP contribution in [0.3, 0.4) is 0 Å². The van der Waals surface area contributed by atoms with Crippen LogP contribution >= 0.6 is 24.8 Å². The van der Waals surface area contributed by atoms with E-state index in [9.17, 15) is 9.59 Å². The molecule has 0 radical (unpaired) electrons. The van der Waals surface area contributed by atoms with Crippen molar-refractivity contribution >= 4 is 36.6 Å². The highest BCUT2D eigenvalue weighted by Crippen LogP contribution is 2.23. The van der Waals surface area contributed by atoms with Gasteiger partial charge < -0.3 is 15.5 Å². The molecule has 0 bridgehead atoms. The normalized spacial score (nSPS) is 29.4. The number of rotatable bonds is 4. The van der Waals surface area contributed by atoms with Gasteiger partial charge in [-0.25, -0.2) is 0 Å². The number of hydrogen-bond acceptors (Lipinski definition) is 4. The molecule has 2 amide bonds. The zero-order chi connectivity index (χ0) is 16.9. The fourth-order valence-electron chi connectivity index (χ4n) is 4.13. The molecule has 2 N–H and O–H groups in total. The number of nitrogens with one attached hydrogen (secondary N) is 2. The van der Waals surface area contributed by atoms with E-state index in [2.05, 4.69) is 22.5 Å².